The summed E-state index contributed by atoms with van der Waals surface area (Å²) in [4.78, 5) is 27.2. The van der Waals surface area contributed by atoms with Crippen LogP contribution in [0.25, 0.3) is 0 Å². The summed E-state index contributed by atoms with van der Waals surface area (Å²) in [7, 11) is 0. The van der Waals surface area contributed by atoms with E-state index in [0.29, 0.717) is 24.5 Å². The zero-order valence-electron chi connectivity index (χ0n) is 18.3. The Morgan fingerprint density at radius 3 is 2.27 bits per heavy atom. The smallest absolute Gasteiger partial charge is 0.312 e. The minimum Gasteiger partial charge on any atom is -0.508 e. The summed E-state index contributed by atoms with van der Waals surface area (Å²) in [6, 6.07) is 11.5. The number of piperidine rings is 1. The molecule has 2 heterocycles. The van der Waals surface area contributed by atoms with E-state index in [0.717, 1.165) is 43.4 Å². The van der Waals surface area contributed by atoms with Gasteiger partial charge in [-0.05, 0) is 61.4 Å². The van der Waals surface area contributed by atoms with Gasteiger partial charge in [0.25, 0.3) is 0 Å². The molecule has 2 bridgehead atoms. The van der Waals surface area contributed by atoms with Crippen LogP contribution in [-0.4, -0.2) is 57.1 Å². The Balaban J connectivity index is 1.44. The van der Waals surface area contributed by atoms with Crippen molar-refractivity contribution in [1.29, 1.82) is 0 Å². The van der Waals surface area contributed by atoms with Gasteiger partial charge in [0, 0.05) is 30.7 Å². The van der Waals surface area contributed by atoms with Crippen LogP contribution in [-0.2, 0) is 16.1 Å². The summed E-state index contributed by atoms with van der Waals surface area (Å²) in [5.74, 6) is -2.83. The standard InChI is InChI=1S/C25H28F2N2O4/c26-22-5-2-6-23(27)21(22)15-28(24(31)14-25(32)33)9-10-29-18-7-8-19(29)12-17(11-18)16-3-1-4-20(30)13-16/h1-6,13,17-19,30H,7-12,14-15H2,(H,32,33). The van der Waals surface area contributed by atoms with Crippen LogP contribution in [0.1, 0.15) is 49.1 Å². The minimum atomic E-state index is -1.27. The number of phenolic OH excluding ortho intramolecular Hbond substituents is 1. The fourth-order valence-corrected chi connectivity index (χ4v) is 5.33. The lowest BCUT2D eigenvalue weighted by atomic mass is 9.85. The monoisotopic (exact) mass is 458 g/mol. The molecule has 0 radical (unpaired) electrons. The molecule has 176 valence electrons. The molecule has 6 nitrogen and oxygen atoms in total. The number of hydrogen-bond donors (Lipinski definition) is 2. The van der Waals surface area contributed by atoms with Crippen molar-refractivity contribution < 1.29 is 28.6 Å². The third kappa shape index (κ3) is 5.33. The molecule has 2 unspecified atom stereocenters. The molecule has 0 aliphatic carbocycles. The summed E-state index contributed by atoms with van der Waals surface area (Å²) < 4.78 is 28.4. The van der Waals surface area contributed by atoms with E-state index in [-0.39, 0.29) is 24.4 Å². The highest BCUT2D eigenvalue weighted by atomic mass is 19.1. The molecule has 2 aromatic rings. The van der Waals surface area contributed by atoms with E-state index in [1.165, 1.54) is 11.0 Å². The lowest BCUT2D eigenvalue weighted by molar-refractivity contribution is -0.144. The van der Waals surface area contributed by atoms with Crippen molar-refractivity contribution >= 4 is 11.9 Å². The topological polar surface area (TPSA) is 81.1 Å². The highest BCUT2D eigenvalue weighted by Gasteiger charge is 2.41. The zero-order chi connectivity index (χ0) is 23.5. The Bertz CT molecular complexity index is 997. The van der Waals surface area contributed by atoms with E-state index in [9.17, 15) is 23.5 Å². The molecule has 0 saturated carbocycles. The number of carbonyl (C=O) groups excluding carboxylic acids is 1. The lowest BCUT2D eigenvalue weighted by Crippen LogP contribution is -2.47. The number of fused-ring (bicyclic) bond motifs is 2. The Hall–Kier alpha value is -3.00. The molecule has 1 amide bonds. The Morgan fingerprint density at radius 2 is 1.67 bits per heavy atom. The van der Waals surface area contributed by atoms with E-state index in [4.69, 9.17) is 5.11 Å². The lowest BCUT2D eigenvalue weighted by Gasteiger charge is -2.40. The summed E-state index contributed by atoms with van der Waals surface area (Å²) in [5.41, 5.74) is 0.890. The fraction of sp³-hybridized carbons (Fsp3) is 0.440. The summed E-state index contributed by atoms with van der Waals surface area (Å²) >= 11 is 0. The highest BCUT2D eigenvalue weighted by molar-refractivity contribution is 5.93. The Labute approximate surface area is 191 Å². The van der Waals surface area contributed by atoms with Gasteiger partial charge in [-0.1, -0.05) is 18.2 Å². The number of benzene rings is 2. The molecule has 0 spiro atoms. The largest absolute Gasteiger partial charge is 0.508 e. The molecule has 2 aliphatic heterocycles. The van der Waals surface area contributed by atoms with E-state index in [1.54, 1.807) is 6.07 Å². The quantitative estimate of drug-likeness (QED) is 0.587. The van der Waals surface area contributed by atoms with Gasteiger partial charge in [0.1, 0.15) is 23.8 Å². The SMILES string of the molecule is O=C(O)CC(=O)N(CCN1C2CCC1CC(c1cccc(O)c1)C2)Cc1c(F)cccc1F. The van der Waals surface area contributed by atoms with Gasteiger partial charge in [-0.2, -0.15) is 0 Å². The molecular formula is C25H28F2N2O4. The molecule has 0 aromatic heterocycles. The van der Waals surface area contributed by atoms with E-state index >= 15 is 0 Å². The maximum Gasteiger partial charge on any atom is 0.312 e. The molecule has 2 aliphatic rings. The predicted molar refractivity (Wildman–Crippen MR) is 118 cm³/mol. The summed E-state index contributed by atoms with van der Waals surface area (Å²) in [5, 5.41) is 18.9. The number of nitrogens with zero attached hydrogens (tertiary/aromatic N) is 2. The van der Waals surface area contributed by atoms with Crippen molar-refractivity contribution in [3.05, 3.63) is 65.2 Å². The molecule has 2 atom stereocenters. The molecule has 33 heavy (non-hydrogen) atoms. The second-order valence-corrected chi connectivity index (χ2v) is 8.97. The first-order valence-electron chi connectivity index (χ1n) is 11.3. The fourth-order valence-electron chi connectivity index (χ4n) is 5.33. The van der Waals surface area contributed by atoms with Gasteiger partial charge in [0.15, 0.2) is 0 Å². The van der Waals surface area contributed by atoms with Gasteiger partial charge >= 0.3 is 5.97 Å². The normalized spacial score (nSPS) is 22.3. The number of carboxylic acid groups (broad SMARTS) is 1. The van der Waals surface area contributed by atoms with Gasteiger partial charge in [0.2, 0.25) is 5.91 Å². The number of carboxylic acids is 1. The van der Waals surface area contributed by atoms with Crippen molar-refractivity contribution in [1.82, 2.24) is 9.80 Å². The molecule has 4 rings (SSSR count). The summed E-state index contributed by atoms with van der Waals surface area (Å²) in [6.45, 7) is 0.410. The molecule has 2 fully saturated rings. The molecular weight excluding hydrogens is 430 g/mol. The van der Waals surface area contributed by atoms with Crippen LogP contribution in [0.4, 0.5) is 8.78 Å². The van der Waals surface area contributed by atoms with E-state index in [1.807, 2.05) is 18.2 Å². The third-order valence-electron chi connectivity index (χ3n) is 6.92. The highest BCUT2D eigenvalue weighted by Crippen LogP contribution is 2.43. The third-order valence-corrected chi connectivity index (χ3v) is 6.92. The molecule has 2 aromatic carbocycles. The summed E-state index contributed by atoms with van der Waals surface area (Å²) in [6.07, 6.45) is 3.22. The van der Waals surface area contributed by atoms with Crippen LogP contribution in [0.15, 0.2) is 42.5 Å². The van der Waals surface area contributed by atoms with Crippen molar-refractivity contribution in [3.63, 3.8) is 0 Å². The van der Waals surface area contributed by atoms with Crippen LogP contribution in [0, 0.1) is 11.6 Å². The number of phenols is 1. The molecule has 8 heteroatoms. The number of hydrogen-bond acceptors (Lipinski definition) is 4. The number of amides is 1. The van der Waals surface area contributed by atoms with Gasteiger partial charge in [0.05, 0.1) is 6.54 Å². The zero-order valence-corrected chi connectivity index (χ0v) is 18.3. The maximum atomic E-state index is 14.2. The van der Waals surface area contributed by atoms with Gasteiger partial charge in [-0.3, -0.25) is 14.5 Å². The number of rotatable bonds is 8. The van der Waals surface area contributed by atoms with Crippen molar-refractivity contribution in [2.24, 2.45) is 0 Å². The van der Waals surface area contributed by atoms with Gasteiger partial charge in [-0.15, -0.1) is 0 Å². The van der Waals surface area contributed by atoms with Crippen LogP contribution >= 0.6 is 0 Å². The number of carbonyl (C=O) groups is 2. The van der Waals surface area contributed by atoms with Gasteiger partial charge in [-0.25, -0.2) is 8.78 Å². The second kappa shape index (κ2) is 9.87. The Kier molecular flexibility index (Phi) is 6.93. The number of halogens is 2. The maximum absolute atomic E-state index is 14.2. The van der Waals surface area contributed by atoms with Crippen LogP contribution in [0.2, 0.25) is 0 Å². The average molecular weight is 459 g/mol. The first kappa shape index (κ1) is 23.2. The second-order valence-electron chi connectivity index (χ2n) is 8.97. The van der Waals surface area contributed by atoms with Crippen molar-refractivity contribution in [2.75, 3.05) is 13.1 Å². The van der Waals surface area contributed by atoms with E-state index in [2.05, 4.69) is 4.90 Å². The Morgan fingerprint density at radius 1 is 1.03 bits per heavy atom. The van der Waals surface area contributed by atoms with Crippen molar-refractivity contribution in [2.45, 2.75) is 56.7 Å². The molecule has 2 saturated heterocycles. The number of aliphatic carboxylic acids is 1. The number of aromatic hydroxyl groups is 1. The van der Waals surface area contributed by atoms with Crippen LogP contribution < -0.4 is 0 Å². The average Bonchev–Trinajstić information content (AvgIpc) is 2.99. The first-order chi connectivity index (χ1) is 15.8. The first-order valence-corrected chi connectivity index (χ1v) is 11.3. The minimum absolute atomic E-state index is 0.198. The molecule has 2 N–H and O–H groups in total. The van der Waals surface area contributed by atoms with Crippen LogP contribution in [0.5, 0.6) is 5.75 Å². The van der Waals surface area contributed by atoms with E-state index < -0.39 is 29.9 Å². The van der Waals surface area contributed by atoms with Crippen molar-refractivity contribution in [3.8, 4) is 5.75 Å². The van der Waals surface area contributed by atoms with Crippen LogP contribution in [0.3, 0.4) is 0 Å². The predicted octanol–water partition coefficient (Wildman–Crippen LogP) is 3.88. The van der Waals surface area contributed by atoms with Gasteiger partial charge < -0.3 is 15.1 Å².